The number of carbonyl (C=O) groups is 1. The number of nitrogens with one attached hydrogen (secondary N) is 2. The monoisotopic (exact) mass is 685 g/mol. The number of piperidine rings is 1. The number of ether oxygens (including phenoxy) is 2. The maximum atomic E-state index is 14.0. The number of nitrogens with zero attached hydrogens (tertiary/aromatic N) is 5. The number of halogens is 4. The quantitative estimate of drug-likeness (QED) is 0.203. The molecule has 11 nitrogen and oxygen atoms in total. The van der Waals surface area contributed by atoms with Gasteiger partial charge in [0.2, 0.25) is 5.91 Å². The van der Waals surface area contributed by atoms with Crippen molar-refractivity contribution in [3.63, 3.8) is 0 Å². The Morgan fingerprint density at radius 1 is 1.06 bits per heavy atom. The van der Waals surface area contributed by atoms with Gasteiger partial charge in [-0.1, -0.05) is 12.6 Å². The Kier molecular flexibility index (Phi) is 10.2. The lowest BCUT2D eigenvalue weighted by Gasteiger charge is -2.42. The van der Waals surface area contributed by atoms with Crippen molar-refractivity contribution in [3.05, 3.63) is 72.3 Å². The van der Waals surface area contributed by atoms with Crippen LogP contribution < -0.4 is 25.3 Å². The van der Waals surface area contributed by atoms with Gasteiger partial charge in [0.15, 0.2) is 5.82 Å². The second-order valence-corrected chi connectivity index (χ2v) is 12.2. The van der Waals surface area contributed by atoms with Crippen LogP contribution in [-0.2, 0) is 20.5 Å². The Balaban J connectivity index is 1.23. The Morgan fingerprint density at radius 2 is 1.86 bits per heavy atom. The standard InChI is InChI=1S/C34H39F4N7O4/c1-4-33(46)42-26-16-27(30(47-3)17-29(26)43-10-7-23(8-11-43)44-12-14-48-21(2)19-44)41-31-18-32(40-20-39-31)45-28(9-13-49-45)22-5-6-25(35)24(15-22)34(36,37)38/h4-6,15-18,20-21,23,28H,1,7-14,19H2,2-3H3,(H,42,46)(H,39,40,41)/t21-,28+/m0/s1. The van der Waals surface area contributed by atoms with Crippen LogP contribution in [0.5, 0.6) is 5.75 Å². The van der Waals surface area contributed by atoms with Crippen molar-refractivity contribution in [2.24, 2.45) is 0 Å². The molecule has 49 heavy (non-hydrogen) atoms. The van der Waals surface area contributed by atoms with E-state index in [1.54, 1.807) is 19.2 Å². The molecular weight excluding hydrogens is 646 g/mol. The zero-order valence-corrected chi connectivity index (χ0v) is 27.3. The van der Waals surface area contributed by atoms with Gasteiger partial charge in [0, 0.05) is 50.8 Å². The van der Waals surface area contributed by atoms with E-state index in [9.17, 15) is 22.4 Å². The van der Waals surface area contributed by atoms with E-state index in [2.05, 4.69) is 43.9 Å². The Bertz CT molecular complexity index is 1670. The fourth-order valence-corrected chi connectivity index (χ4v) is 6.67. The molecule has 0 radical (unpaired) electrons. The number of hydrogen-bond donors (Lipinski definition) is 2. The second-order valence-electron chi connectivity index (χ2n) is 12.2. The molecule has 3 aliphatic heterocycles. The van der Waals surface area contributed by atoms with E-state index in [0.29, 0.717) is 35.4 Å². The smallest absolute Gasteiger partial charge is 0.419 e. The van der Waals surface area contributed by atoms with Crippen molar-refractivity contribution in [1.82, 2.24) is 14.9 Å². The first-order chi connectivity index (χ1) is 23.5. The minimum absolute atomic E-state index is 0.216. The average Bonchev–Trinajstić information content (AvgIpc) is 3.59. The van der Waals surface area contributed by atoms with Crippen LogP contribution in [-0.4, -0.2) is 79.4 Å². The lowest BCUT2D eigenvalue weighted by atomic mass is 10.0. The third kappa shape index (κ3) is 7.73. The van der Waals surface area contributed by atoms with E-state index in [1.165, 1.54) is 23.5 Å². The van der Waals surface area contributed by atoms with E-state index in [-0.39, 0.29) is 30.0 Å². The van der Waals surface area contributed by atoms with Crippen molar-refractivity contribution in [1.29, 1.82) is 0 Å². The summed E-state index contributed by atoms with van der Waals surface area (Å²) in [5.74, 6) is -0.595. The molecule has 3 fully saturated rings. The molecule has 2 atom stereocenters. The maximum absolute atomic E-state index is 14.0. The zero-order chi connectivity index (χ0) is 34.7. The molecule has 3 saturated heterocycles. The van der Waals surface area contributed by atoms with Gasteiger partial charge >= 0.3 is 6.18 Å². The van der Waals surface area contributed by atoms with Crippen LogP contribution in [0.1, 0.15) is 43.4 Å². The zero-order valence-electron chi connectivity index (χ0n) is 27.3. The Morgan fingerprint density at radius 3 is 2.57 bits per heavy atom. The van der Waals surface area contributed by atoms with Crippen molar-refractivity contribution in [3.8, 4) is 5.75 Å². The molecule has 3 aromatic rings. The van der Waals surface area contributed by atoms with Crippen LogP contribution in [0.15, 0.2) is 55.4 Å². The summed E-state index contributed by atoms with van der Waals surface area (Å²) in [6, 6.07) is 7.96. The number of methoxy groups -OCH3 is 1. The molecule has 3 aliphatic rings. The highest BCUT2D eigenvalue weighted by molar-refractivity contribution is 6.02. The van der Waals surface area contributed by atoms with E-state index in [1.807, 2.05) is 6.07 Å². The highest BCUT2D eigenvalue weighted by atomic mass is 19.4. The summed E-state index contributed by atoms with van der Waals surface area (Å²) in [5, 5.41) is 7.55. The molecule has 0 unspecified atom stereocenters. The normalized spacial score (nSPS) is 20.7. The van der Waals surface area contributed by atoms with Gasteiger partial charge in [-0.3, -0.25) is 14.5 Å². The minimum atomic E-state index is -4.84. The van der Waals surface area contributed by atoms with Gasteiger partial charge in [-0.05, 0) is 49.6 Å². The molecule has 0 spiro atoms. The fraction of sp³-hybridized carbons (Fsp3) is 0.441. The van der Waals surface area contributed by atoms with Gasteiger partial charge in [-0.15, -0.1) is 0 Å². The third-order valence-electron chi connectivity index (χ3n) is 9.08. The summed E-state index contributed by atoms with van der Waals surface area (Å²) in [6.45, 7) is 10.1. The number of anilines is 5. The molecule has 15 heteroatoms. The van der Waals surface area contributed by atoms with Gasteiger partial charge in [0.1, 0.15) is 23.7 Å². The third-order valence-corrected chi connectivity index (χ3v) is 9.08. The van der Waals surface area contributed by atoms with Gasteiger partial charge in [0.25, 0.3) is 0 Å². The number of carbonyl (C=O) groups excluding carboxylic acids is 1. The molecule has 0 bridgehead atoms. The minimum Gasteiger partial charge on any atom is -0.494 e. The van der Waals surface area contributed by atoms with Gasteiger partial charge in [-0.2, -0.15) is 13.2 Å². The first-order valence-corrected chi connectivity index (χ1v) is 16.2. The van der Waals surface area contributed by atoms with Crippen molar-refractivity contribution >= 4 is 34.6 Å². The van der Waals surface area contributed by atoms with E-state index >= 15 is 0 Å². The van der Waals surface area contributed by atoms with Crippen LogP contribution in [0.25, 0.3) is 0 Å². The lowest BCUT2D eigenvalue weighted by Crippen LogP contribution is -2.51. The summed E-state index contributed by atoms with van der Waals surface area (Å²) in [5.41, 5.74) is 0.761. The second kappa shape index (κ2) is 14.6. The number of morpholine rings is 1. The summed E-state index contributed by atoms with van der Waals surface area (Å²) >= 11 is 0. The van der Waals surface area contributed by atoms with E-state index in [0.717, 1.165) is 63.4 Å². The van der Waals surface area contributed by atoms with Crippen molar-refractivity contribution in [2.45, 2.75) is 50.6 Å². The van der Waals surface area contributed by atoms with Crippen LogP contribution in [0.3, 0.4) is 0 Å². The molecule has 1 amide bonds. The van der Waals surface area contributed by atoms with Crippen LogP contribution in [0.4, 0.5) is 46.3 Å². The molecule has 2 N–H and O–H groups in total. The van der Waals surface area contributed by atoms with E-state index < -0.39 is 23.6 Å². The predicted molar refractivity (Wildman–Crippen MR) is 177 cm³/mol. The number of rotatable bonds is 9. The lowest BCUT2D eigenvalue weighted by molar-refractivity contribution is -0.140. The number of hydrogen-bond acceptors (Lipinski definition) is 10. The molecule has 0 aliphatic carbocycles. The molecular formula is C34H39F4N7O4. The van der Waals surface area contributed by atoms with Gasteiger partial charge < -0.3 is 25.0 Å². The van der Waals surface area contributed by atoms with Crippen LogP contribution in [0, 0.1) is 5.82 Å². The molecule has 4 heterocycles. The maximum Gasteiger partial charge on any atom is 0.419 e. The first kappa shape index (κ1) is 34.4. The highest BCUT2D eigenvalue weighted by Crippen LogP contribution is 2.41. The molecule has 262 valence electrons. The number of alkyl halides is 3. The van der Waals surface area contributed by atoms with Gasteiger partial charge in [0.05, 0.1) is 55.1 Å². The summed E-state index contributed by atoms with van der Waals surface area (Å²) in [4.78, 5) is 31.6. The Hall–Kier alpha value is -4.47. The van der Waals surface area contributed by atoms with Crippen LogP contribution in [0.2, 0.25) is 0 Å². The molecule has 2 aromatic carbocycles. The molecule has 0 saturated carbocycles. The molecule has 6 rings (SSSR count). The van der Waals surface area contributed by atoms with Crippen molar-refractivity contribution in [2.75, 3.05) is 67.1 Å². The average molecular weight is 686 g/mol. The number of amides is 1. The SMILES string of the molecule is C=CC(=O)Nc1cc(Nc2cc(N3OCC[C@@H]3c3ccc(F)c(C(F)(F)F)c3)ncn2)c(OC)cc1N1CCC(N2CCO[C@@H](C)C2)CC1. The van der Waals surface area contributed by atoms with Crippen molar-refractivity contribution < 1.29 is 36.7 Å². The summed E-state index contributed by atoms with van der Waals surface area (Å²) in [7, 11) is 1.55. The molecule has 1 aromatic heterocycles. The summed E-state index contributed by atoms with van der Waals surface area (Å²) in [6.07, 6.45) is 0.157. The summed E-state index contributed by atoms with van der Waals surface area (Å²) < 4.78 is 65.8. The first-order valence-electron chi connectivity index (χ1n) is 16.2. The number of aromatic nitrogens is 2. The van der Waals surface area contributed by atoms with Gasteiger partial charge in [-0.25, -0.2) is 19.4 Å². The largest absolute Gasteiger partial charge is 0.494 e. The van der Waals surface area contributed by atoms with E-state index in [4.69, 9.17) is 14.3 Å². The number of hydroxylamine groups is 1. The fourth-order valence-electron chi connectivity index (χ4n) is 6.67. The highest BCUT2D eigenvalue weighted by Gasteiger charge is 2.37. The topological polar surface area (TPSA) is 104 Å². The Labute approximate surface area is 281 Å². The number of benzene rings is 2. The van der Waals surface area contributed by atoms with Crippen LogP contribution >= 0.6 is 0 Å². The predicted octanol–water partition coefficient (Wildman–Crippen LogP) is 6.08.